The van der Waals surface area contributed by atoms with E-state index in [9.17, 15) is 4.79 Å². The summed E-state index contributed by atoms with van der Waals surface area (Å²) in [6, 6.07) is 14.2. The Kier molecular flexibility index (Phi) is 6.74. The van der Waals surface area contributed by atoms with E-state index in [2.05, 4.69) is 40.3 Å². The van der Waals surface area contributed by atoms with E-state index in [1.807, 2.05) is 18.2 Å². The smallest absolute Gasteiger partial charge is 0.411 e. The molecule has 5 nitrogen and oxygen atoms in total. The third kappa shape index (κ3) is 5.05. The van der Waals surface area contributed by atoms with E-state index in [0.29, 0.717) is 30.6 Å². The predicted molar refractivity (Wildman–Crippen MR) is 124 cm³/mol. The van der Waals surface area contributed by atoms with Crippen molar-refractivity contribution in [2.75, 3.05) is 23.8 Å². The van der Waals surface area contributed by atoms with E-state index in [1.54, 1.807) is 18.3 Å². The molecule has 1 amide bonds. The third-order valence-electron chi connectivity index (χ3n) is 5.49. The van der Waals surface area contributed by atoms with Crippen molar-refractivity contribution in [3.8, 4) is 5.75 Å². The molecule has 1 heterocycles. The Morgan fingerprint density at radius 2 is 2.00 bits per heavy atom. The zero-order chi connectivity index (χ0) is 20.8. The quantitative estimate of drug-likeness (QED) is 0.425. The Bertz CT molecular complexity index is 995. The van der Waals surface area contributed by atoms with Crippen molar-refractivity contribution in [3.63, 3.8) is 0 Å². The van der Waals surface area contributed by atoms with Crippen molar-refractivity contribution < 1.29 is 14.3 Å². The second-order valence-corrected chi connectivity index (χ2v) is 8.54. The first-order valence-electron chi connectivity index (χ1n) is 10.6. The Balaban J connectivity index is 1.47. The maximum absolute atomic E-state index is 11.9. The molecule has 0 aliphatic heterocycles. The van der Waals surface area contributed by atoms with Crippen molar-refractivity contribution in [1.82, 2.24) is 0 Å². The molecule has 0 radical (unpaired) electrons. The molecule has 1 saturated carbocycles. The van der Waals surface area contributed by atoms with Crippen LogP contribution in [-0.2, 0) is 11.3 Å². The average molecular weight is 425 g/mol. The molecule has 1 aliphatic carbocycles. The lowest BCUT2D eigenvalue weighted by molar-refractivity contribution is 0.167. The van der Waals surface area contributed by atoms with Gasteiger partial charge in [-0.3, -0.25) is 5.32 Å². The second kappa shape index (κ2) is 9.85. The average Bonchev–Trinajstić information content (AvgIpc) is 3.42. The Labute approximate surface area is 181 Å². The molecule has 2 N–H and O–H groups in total. The molecule has 0 atom stereocenters. The molecule has 0 spiro atoms. The summed E-state index contributed by atoms with van der Waals surface area (Å²) in [7, 11) is 0. The van der Waals surface area contributed by atoms with Gasteiger partial charge in [0.05, 0.1) is 18.9 Å². The number of nitrogens with one attached hydrogen (secondary N) is 2. The summed E-state index contributed by atoms with van der Waals surface area (Å²) in [5, 5.41) is 9.78. The first-order valence-corrected chi connectivity index (χ1v) is 11.5. The lowest BCUT2D eigenvalue weighted by Crippen LogP contribution is -2.15. The van der Waals surface area contributed by atoms with Crippen LogP contribution in [-0.4, -0.2) is 19.3 Å². The third-order valence-corrected chi connectivity index (χ3v) is 6.50. The van der Waals surface area contributed by atoms with Crippen LogP contribution < -0.4 is 15.4 Å². The minimum atomic E-state index is -0.464. The Hall–Kier alpha value is -2.73. The van der Waals surface area contributed by atoms with Gasteiger partial charge in [0.2, 0.25) is 0 Å². The molecule has 1 aliphatic rings. The molecule has 0 saturated heterocycles. The van der Waals surface area contributed by atoms with Crippen LogP contribution in [0.2, 0.25) is 0 Å². The van der Waals surface area contributed by atoms with Gasteiger partial charge in [0, 0.05) is 23.0 Å². The number of amides is 1. The monoisotopic (exact) mass is 424 g/mol. The molecular formula is C24H28N2O3S. The largest absolute Gasteiger partial charge is 0.491 e. The van der Waals surface area contributed by atoms with Gasteiger partial charge in [-0.15, -0.1) is 11.3 Å². The van der Waals surface area contributed by atoms with E-state index < -0.39 is 6.09 Å². The van der Waals surface area contributed by atoms with Crippen LogP contribution in [0.15, 0.2) is 47.8 Å². The predicted octanol–water partition coefficient (Wildman–Crippen LogP) is 6.65. The first-order chi connectivity index (χ1) is 14.7. The van der Waals surface area contributed by atoms with Crippen LogP contribution in [0, 0.1) is 5.92 Å². The first kappa shape index (κ1) is 20.5. The highest BCUT2D eigenvalue weighted by atomic mass is 32.1. The molecule has 0 bridgehead atoms. The maximum atomic E-state index is 11.9. The number of ether oxygens (including phenoxy) is 2. The fourth-order valence-electron chi connectivity index (χ4n) is 3.88. The summed E-state index contributed by atoms with van der Waals surface area (Å²) < 4.78 is 12.5. The van der Waals surface area contributed by atoms with Crippen LogP contribution in [0.4, 0.5) is 16.2 Å². The topological polar surface area (TPSA) is 59.6 Å². The zero-order valence-electron chi connectivity index (χ0n) is 17.3. The summed E-state index contributed by atoms with van der Waals surface area (Å²) in [5.74, 6) is 1.27. The molecule has 6 heteroatoms. The number of fused-ring (bicyclic) bond motifs is 1. The van der Waals surface area contributed by atoms with E-state index in [-0.39, 0.29) is 0 Å². The van der Waals surface area contributed by atoms with Crippen molar-refractivity contribution >= 4 is 38.9 Å². The highest BCUT2D eigenvalue weighted by Gasteiger charge is 2.17. The number of hydrogen-bond donors (Lipinski definition) is 2. The fraction of sp³-hybridized carbons (Fsp3) is 0.375. The van der Waals surface area contributed by atoms with Crippen LogP contribution in [0.25, 0.3) is 10.1 Å². The van der Waals surface area contributed by atoms with Gasteiger partial charge in [0.25, 0.3) is 0 Å². The van der Waals surface area contributed by atoms with Gasteiger partial charge in [-0.2, -0.15) is 0 Å². The van der Waals surface area contributed by atoms with Gasteiger partial charge in [-0.1, -0.05) is 31.0 Å². The Morgan fingerprint density at radius 3 is 2.83 bits per heavy atom. The SMILES string of the molecule is CCOC(=O)Nc1ccc(NCc2csc3ccccc23)cc1OCC1CCCC1. The molecule has 1 fully saturated rings. The highest BCUT2D eigenvalue weighted by Crippen LogP contribution is 2.32. The molecule has 3 aromatic rings. The number of anilines is 2. The number of carbonyl (C=O) groups is 1. The summed E-state index contributed by atoms with van der Waals surface area (Å²) in [4.78, 5) is 11.9. The van der Waals surface area contributed by atoms with Crippen molar-refractivity contribution in [3.05, 3.63) is 53.4 Å². The van der Waals surface area contributed by atoms with Crippen LogP contribution in [0.5, 0.6) is 5.75 Å². The van der Waals surface area contributed by atoms with Crippen LogP contribution in [0.3, 0.4) is 0 Å². The number of benzene rings is 2. The van der Waals surface area contributed by atoms with E-state index >= 15 is 0 Å². The fourth-order valence-corrected chi connectivity index (χ4v) is 4.85. The normalized spacial score (nSPS) is 14.0. The molecule has 158 valence electrons. The Morgan fingerprint density at radius 1 is 1.17 bits per heavy atom. The van der Waals surface area contributed by atoms with Gasteiger partial charge in [0.15, 0.2) is 0 Å². The van der Waals surface area contributed by atoms with Gasteiger partial charge < -0.3 is 14.8 Å². The second-order valence-electron chi connectivity index (χ2n) is 7.63. The van der Waals surface area contributed by atoms with Gasteiger partial charge >= 0.3 is 6.09 Å². The lowest BCUT2D eigenvalue weighted by atomic mass is 10.1. The van der Waals surface area contributed by atoms with Crippen LogP contribution in [0.1, 0.15) is 38.2 Å². The maximum Gasteiger partial charge on any atom is 0.411 e. The minimum absolute atomic E-state index is 0.332. The van der Waals surface area contributed by atoms with Crippen molar-refractivity contribution in [2.24, 2.45) is 5.92 Å². The minimum Gasteiger partial charge on any atom is -0.491 e. The summed E-state index contributed by atoms with van der Waals surface area (Å²) in [6.07, 6.45) is 4.51. The number of hydrogen-bond acceptors (Lipinski definition) is 5. The van der Waals surface area contributed by atoms with E-state index in [1.165, 1.54) is 41.3 Å². The summed E-state index contributed by atoms with van der Waals surface area (Å²) >= 11 is 1.76. The molecular weight excluding hydrogens is 396 g/mol. The zero-order valence-corrected chi connectivity index (χ0v) is 18.1. The number of rotatable bonds is 8. The molecule has 1 aromatic heterocycles. The van der Waals surface area contributed by atoms with Gasteiger partial charge in [-0.25, -0.2) is 4.79 Å². The van der Waals surface area contributed by atoms with E-state index in [0.717, 1.165) is 12.2 Å². The number of carbonyl (C=O) groups excluding carboxylic acids is 1. The summed E-state index contributed by atoms with van der Waals surface area (Å²) in [6.45, 7) is 3.53. The molecule has 30 heavy (non-hydrogen) atoms. The molecule has 2 aromatic carbocycles. The molecule has 4 rings (SSSR count). The highest BCUT2D eigenvalue weighted by molar-refractivity contribution is 7.17. The standard InChI is InChI=1S/C24H28N2O3S/c1-2-28-24(27)26-21-12-11-19(13-22(21)29-15-17-7-3-4-8-17)25-14-18-16-30-23-10-6-5-9-20(18)23/h5-6,9-13,16-17,25H,2-4,7-8,14-15H2,1H3,(H,26,27). The number of thiophene rings is 1. The van der Waals surface area contributed by atoms with Crippen LogP contribution >= 0.6 is 11.3 Å². The molecule has 0 unspecified atom stereocenters. The van der Waals surface area contributed by atoms with Gasteiger partial charge in [-0.05, 0) is 60.2 Å². The van der Waals surface area contributed by atoms with Crippen molar-refractivity contribution in [1.29, 1.82) is 0 Å². The lowest BCUT2D eigenvalue weighted by Gasteiger charge is -2.17. The summed E-state index contributed by atoms with van der Waals surface area (Å²) in [5.41, 5.74) is 2.87. The van der Waals surface area contributed by atoms with Gasteiger partial charge in [0.1, 0.15) is 5.75 Å². The van der Waals surface area contributed by atoms with E-state index in [4.69, 9.17) is 9.47 Å². The van der Waals surface area contributed by atoms with Crippen molar-refractivity contribution in [2.45, 2.75) is 39.2 Å².